The Kier molecular flexibility index (Phi) is 5.57. The smallest absolute Gasteiger partial charge is 0.0948 e. The van der Waals surface area contributed by atoms with Crippen LogP contribution in [0.5, 0.6) is 0 Å². The van der Waals surface area contributed by atoms with E-state index in [1.807, 2.05) is 24.0 Å². The molecule has 2 aromatic heterocycles. The average Bonchev–Trinajstić information content (AvgIpc) is 3.10. The summed E-state index contributed by atoms with van der Waals surface area (Å²) >= 11 is 0. The van der Waals surface area contributed by atoms with Gasteiger partial charge in [0, 0.05) is 45.8 Å². The van der Waals surface area contributed by atoms with Crippen molar-refractivity contribution in [2.75, 3.05) is 32.8 Å². The molecule has 0 radical (unpaired) electrons. The summed E-state index contributed by atoms with van der Waals surface area (Å²) in [5.41, 5.74) is 2.78. The van der Waals surface area contributed by atoms with Crippen molar-refractivity contribution >= 4 is 0 Å². The Labute approximate surface area is 161 Å². The van der Waals surface area contributed by atoms with Gasteiger partial charge in [0.1, 0.15) is 0 Å². The first-order chi connectivity index (χ1) is 13.1. The zero-order chi connectivity index (χ0) is 18.7. The lowest BCUT2D eigenvalue weighted by molar-refractivity contribution is -0.0829. The van der Waals surface area contributed by atoms with Gasteiger partial charge in [-0.1, -0.05) is 6.07 Å². The second-order valence-corrected chi connectivity index (χ2v) is 8.20. The van der Waals surface area contributed by atoms with Crippen LogP contribution in [0.4, 0.5) is 0 Å². The third-order valence-electron chi connectivity index (χ3n) is 6.08. The lowest BCUT2D eigenvalue weighted by Gasteiger charge is -2.40. The second kappa shape index (κ2) is 8.09. The molecule has 27 heavy (non-hydrogen) atoms. The molecule has 2 aromatic rings. The molecule has 0 spiro atoms. The highest BCUT2D eigenvalue weighted by molar-refractivity contribution is 5.53. The van der Waals surface area contributed by atoms with Gasteiger partial charge in [-0.25, -0.2) is 4.98 Å². The summed E-state index contributed by atoms with van der Waals surface area (Å²) in [6.45, 7) is 4.33. The molecule has 6 nitrogen and oxygen atoms in total. The van der Waals surface area contributed by atoms with Crippen molar-refractivity contribution in [1.82, 2.24) is 19.4 Å². The number of hydrogen-bond acceptors (Lipinski definition) is 5. The first-order valence-corrected chi connectivity index (χ1v) is 10.1. The Hall–Kier alpha value is -1.76. The molecule has 4 heterocycles. The first kappa shape index (κ1) is 18.6. The fraction of sp³-hybridized carbons (Fsp3) is 0.619. The van der Waals surface area contributed by atoms with Gasteiger partial charge in [-0.2, -0.15) is 0 Å². The lowest BCUT2D eigenvalue weighted by atomic mass is 9.88. The number of β-amino-alcohol motifs (C(OH)–C–C–N with tert-alkyl or cyclic N) is 1. The summed E-state index contributed by atoms with van der Waals surface area (Å²) in [4.78, 5) is 11.2. The van der Waals surface area contributed by atoms with E-state index < -0.39 is 5.60 Å². The van der Waals surface area contributed by atoms with Crippen LogP contribution in [0, 0.1) is 5.92 Å². The molecule has 2 aliphatic heterocycles. The maximum atomic E-state index is 10.7. The van der Waals surface area contributed by atoms with Crippen molar-refractivity contribution in [2.45, 2.75) is 37.7 Å². The van der Waals surface area contributed by atoms with E-state index in [9.17, 15) is 5.11 Å². The molecular formula is C21H30N4O2. The summed E-state index contributed by atoms with van der Waals surface area (Å²) in [6.07, 6.45) is 10.7. The van der Waals surface area contributed by atoms with Crippen LogP contribution in [-0.4, -0.2) is 63.0 Å². The van der Waals surface area contributed by atoms with Crippen LogP contribution in [0.1, 0.15) is 31.2 Å². The van der Waals surface area contributed by atoms with E-state index in [4.69, 9.17) is 4.74 Å². The number of nitrogens with zero attached hydrogens (tertiary/aromatic N) is 4. The third kappa shape index (κ3) is 4.57. The number of imidazole rings is 1. The Balaban J connectivity index is 1.27. The van der Waals surface area contributed by atoms with Gasteiger partial charge in [0.05, 0.1) is 29.5 Å². The molecule has 1 N–H and O–H groups in total. The number of aryl methyl sites for hydroxylation is 1. The Morgan fingerprint density at radius 1 is 1.19 bits per heavy atom. The van der Waals surface area contributed by atoms with Crippen LogP contribution >= 0.6 is 0 Å². The van der Waals surface area contributed by atoms with E-state index in [0.717, 1.165) is 50.3 Å². The zero-order valence-corrected chi connectivity index (χ0v) is 16.2. The monoisotopic (exact) mass is 370 g/mol. The predicted octanol–water partition coefficient (Wildman–Crippen LogP) is 2.28. The molecule has 0 aromatic carbocycles. The minimum Gasteiger partial charge on any atom is -0.388 e. The van der Waals surface area contributed by atoms with Crippen molar-refractivity contribution in [3.8, 4) is 11.4 Å². The van der Waals surface area contributed by atoms with Gasteiger partial charge in [-0.05, 0) is 49.9 Å². The molecular weight excluding hydrogens is 340 g/mol. The molecule has 0 saturated carbocycles. The minimum absolute atomic E-state index is 0.545. The molecule has 4 rings (SSSR count). The molecule has 0 amide bonds. The SMILES string of the molecule is Cn1cncc1-c1ccc(CC2CCN(CC3(O)CCOCC3)CC2)cn1. The maximum Gasteiger partial charge on any atom is 0.0948 e. The van der Waals surface area contributed by atoms with E-state index >= 15 is 0 Å². The van der Waals surface area contributed by atoms with Crippen LogP contribution < -0.4 is 0 Å². The lowest BCUT2D eigenvalue weighted by Crippen LogP contribution is -2.49. The van der Waals surface area contributed by atoms with Crippen LogP contribution in [0.25, 0.3) is 11.4 Å². The van der Waals surface area contributed by atoms with E-state index in [2.05, 4.69) is 27.0 Å². The van der Waals surface area contributed by atoms with Crippen LogP contribution in [0.2, 0.25) is 0 Å². The molecule has 0 unspecified atom stereocenters. The Morgan fingerprint density at radius 2 is 1.96 bits per heavy atom. The quantitative estimate of drug-likeness (QED) is 0.875. The van der Waals surface area contributed by atoms with E-state index in [-0.39, 0.29) is 0 Å². The number of rotatable bonds is 5. The van der Waals surface area contributed by atoms with Gasteiger partial charge in [0.2, 0.25) is 0 Å². The van der Waals surface area contributed by atoms with Crippen LogP contribution in [0.3, 0.4) is 0 Å². The fourth-order valence-electron chi connectivity index (χ4n) is 4.31. The summed E-state index contributed by atoms with van der Waals surface area (Å²) in [5.74, 6) is 0.704. The highest BCUT2D eigenvalue weighted by Crippen LogP contribution is 2.27. The predicted molar refractivity (Wildman–Crippen MR) is 104 cm³/mol. The van der Waals surface area contributed by atoms with Gasteiger partial charge < -0.3 is 19.3 Å². The number of piperidine rings is 1. The highest BCUT2D eigenvalue weighted by atomic mass is 16.5. The molecule has 6 heteroatoms. The van der Waals surface area contributed by atoms with Gasteiger partial charge >= 0.3 is 0 Å². The van der Waals surface area contributed by atoms with Gasteiger partial charge in [-0.15, -0.1) is 0 Å². The summed E-state index contributed by atoms with van der Waals surface area (Å²) in [7, 11) is 1.99. The van der Waals surface area contributed by atoms with E-state index in [1.54, 1.807) is 6.33 Å². The molecule has 0 atom stereocenters. The topological polar surface area (TPSA) is 63.4 Å². The largest absolute Gasteiger partial charge is 0.388 e. The standard InChI is InChI=1S/C21H30N4O2/c1-24-16-22-14-20(24)19-3-2-18(13-23-19)12-17-4-8-25(9-5-17)15-21(26)6-10-27-11-7-21/h2-3,13-14,16-17,26H,4-12,15H2,1H3. The second-order valence-electron chi connectivity index (χ2n) is 8.20. The number of aromatic nitrogens is 3. The van der Waals surface area contributed by atoms with Gasteiger partial charge in [0.15, 0.2) is 0 Å². The first-order valence-electron chi connectivity index (χ1n) is 10.1. The molecule has 2 saturated heterocycles. The molecule has 0 bridgehead atoms. The van der Waals surface area contributed by atoms with Gasteiger partial charge in [-0.3, -0.25) is 4.98 Å². The number of aliphatic hydroxyl groups is 1. The van der Waals surface area contributed by atoms with E-state index in [1.165, 1.54) is 18.4 Å². The van der Waals surface area contributed by atoms with Crippen LogP contribution in [0.15, 0.2) is 30.9 Å². The van der Waals surface area contributed by atoms with Gasteiger partial charge in [0.25, 0.3) is 0 Å². The highest BCUT2D eigenvalue weighted by Gasteiger charge is 2.33. The van der Waals surface area contributed by atoms with Crippen molar-refractivity contribution in [3.63, 3.8) is 0 Å². The van der Waals surface area contributed by atoms with E-state index in [0.29, 0.717) is 19.1 Å². The third-order valence-corrected chi connectivity index (χ3v) is 6.08. The number of likely N-dealkylation sites (tertiary alicyclic amines) is 1. The average molecular weight is 370 g/mol. The van der Waals surface area contributed by atoms with Crippen molar-refractivity contribution in [3.05, 3.63) is 36.4 Å². The molecule has 146 valence electrons. The maximum absolute atomic E-state index is 10.7. The normalized spacial score (nSPS) is 21.4. The molecule has 2 aliphatic rings. The molecule has 0 aliphatic carbocycles. The summed E-state index contributed by atoms with van der Waals surface area (Å²) in [5, 5.41) is 10.7. The molecule has 2 fully saturated rings. The van der Waals surface area contributed by atoms with Crippen LogP contribution in [-0.2, 0) is 18.2 Å². The fourth-order valence-corrected chi connectivity index (χ4v) is 4.31. The number of pyridine rings is 1. The van der Waals surface area contributed by atoms with Crippen molar-refractivity contribution < 1.29 is 9.84 Å². The number of hydrogen-bond donors (Lipinski definition) is 1. The van der Waals surface area contributed by atoms with Crippen molar-refractivity contribution in [1.29, 1.82) is 0 Å². The number of ether oxygens (including phenoxy) is 1. The Bertz CT molecular complexity index is 729. The van der Waals surface area contributed by atoms with Crippen molar-refractivity contribution in [2.24, 2.45) is 13.0 Å². The minimum atomic E-state index is -0.545. The summed E-state index contributed by atoms with van der Waals surface area (Å²) < 4.78 is 7.38. The zero-order valence-electron chi connectivity index (χ0n) is 16.2. The summed E-state index contributed by atoms with van der Waals surface area (Å²) in [6, 6.07) is 4.30. The Morgan fingerprint density at radius 3 is 2.59 bits per heavy atom.